The summed E-state index contributed by atoms with van der Waals surface area (Å²) in [6.07, 6.45) is 1.83. The third kappa shape index (κ3) is 2.87. The molecule has 6 heteroatoms. The number of nitrogens with zero attached hydrogens (tertiary/aromatic N) is 3. The molecular weight excluding hydrogens is 287 g/mol. The van der Waals surface area contributed by atoms with Crippen LogP contribution in [0.1, 0.15) is 18.5 Å². The lowest BCUT2D eigenvalue weighted by Gasteiger charge is -2.37. The number of halogens is 1. The molecule has 3 rings (SSSR count). The van der Waals surface area contributed by atoms with Gasteiger partial charge in [-0.25, -0.2) is 9.37 Å². The van der Waals surface area contributed by atoms with Gasteiger partial charge >= 0.3 is 0 Å². The zero-order valence-corrected chi connectivity index (χ0v) is 12.8. The van der Waals surface area contributed by atoms with E-state index in [1.165, 1.54) is 6.07 Å². The molecule has 0 radical (unpaired) electrons. The largest absolute Gasteiger partial charge is 0.368 e. The van der Waals surface area contributed by atoms with Crippen LogP contribution in [-0.4, -0.2) is 31.2 Å². The summed E-state index contributed by atoms with van der Waals surface area (Å²) in [6, 6.07) is 4.89. The highest BCUT2D eigenvalue weighted by atomic mass is 32.1. The van der Waals surface area contributed by atoms with Crippen molar-refractivity contribution < 1.29 is 4.39 Å². The summed E-state index contributed by atoms with van der Waals surface area (Å²) in [7, 11) is 0. The van der Waals surface area contributed by atoms with Crippen LogP contribution >= 0.6 is 11.3 Å². The van der Waals surface area contributed by atoms with Crippen LogP contribution in [0.4, 0.5) is 15.2 Å². The molecule has 1 fully saturated rings. The van der Waals surface area contributed by atoms with Crippen LogP contribution in [0.15, 0.2) is 29.8 Å². The highest BCUT2D eigenvalue weighted by molar-refractivity contribution is 7.13. The first-order chi connectivity index (χ1) is 10.2. The van der Waals surface area contributed by atoms with E-state index >= 15 is 0 Å². The van der Waals surface area contributed by atoms with Gasteiger partial charge in [-0.2, -0.15) is 0 Å². The lowest BCUT2D eigenvalue weighted by Crippen LogP contribution is -2.47. The van der Waals surface area contributed by atoms with Crippen LogP contribution < -0.4 is 15.5 Å². The predicted molar refractivity (Wildman–Crippen MR) is 85.5 cm³/mol. The minimum Gasteiger partial charge on any atom is -0.368 e. The van der Waals surface area contributed by atoms with Gasteiger partial charge in [0, 0.05) is 55.0 Å². The van der Waals surface area contributed by atoms with E-state index in [1.54, 1.807) is 17.4 Å². The van der Waals surface area contributed by atoms with Crippen LogP contribution in [0.2, 0.25) is 0 Å². The Hall–Kier alpha value is -1.66. The molecule has 2 N–H and O–H groups in total. The fourth-order valence-electron chi connectivity index (χ4n) is 2.76. The SMILES string of the molecule is C[C@@H](N)c1c(F)cccc1N1CCN(c2nccs2)CC1. The van der Waals surface area contributed by atoms with E-state index in [9.17, 15) is 4.39 Å². The standard InChI is InChI=1S/C15H19FN4S/c1-11(17)14-12(16)3-2-4-13(14)19-6-8-20(9-7-19)15-18-5-10-21-15/h2-5,10-11H,6-9,17H2,1H3/t11-/m1/s1. The van der Waals surface area contributed by atoms with Gasteiger partial charge in [0.2, 0.25) is 0 Å². The Kier molecular flexibility index (Phi) is 4.07. The second kappa shape index (κ2) is 5.99. The molecule has 1 aliphatic rings. The van der Waals surface area contributed by atoms with Gasteiger partial charge in [-0.15, -0.1) is 11.3 Å². The Morgan fingerprint density at radius 2 is 1.95 bits per heavy atom. The molecule has 1 saturated heterocycles. The topological polar surface area (TPSA) is 45.4 Å². The number of rotatable bonds is 3. The first-order valence-electron chi connectivity index (χ1n) is 7.10. The average molecular weight is 306 g/mol. The van der Waals surface area contributed by atoms with Crippen molar-refractivity contribution in [1.82, 2.24) is 4.98 Å². The summed E-state index contributed by atoms with van der Waals surface area (Å²) in [5.74, 6) is -0.218. The molecule has 0 spiro atoms. The molecule has 0 aliphatic carbocycles. The molecule has 2 aromatic rings. The van der Waals surface area contributed by atoms with E-state index in [1.807, 2.05) is 24.6 Å². The maximum absolute atomic E-state index is 14.0. The molecule has 0 unspecified atom stereocenters. The number of hydrogen-bond donors (Lipinski definition) is 1. The van der Waals surface area contributed by atoms with Gasteiger partial charge < -0.3 is 15.5 Å². The summed E-state index contributed by atoms with van der Waals surface area (Å²) in [6.45, 7) is 5.31. The number of anilines is 2. The third-order valence-corrected chi connectivity index (χ3v) is 4.63. The Balaban J connectivity index is 1.77. The summed E-state index contributed by atoms with van der Waals surface area (Å²) >= 11 is 1.65. The minimum atomic E-state index is -0.307. The molecule has 1 aromatic heterocycles. The predicted octanol–water partition coefficient (Wildman–Crippen LogP) is 2.63. The zero-order chi connectivity index (χ0) is 14.8. The molecular formula is C15H19FN4S. The summed E-state index contributed by atoms with van der Waals surface area (Å²) in [4.78, 5) is 8.83. The third-order valence-electron chi connectivity index (χ3n) is 3.80. The number of hydrogen-bond acceptors (Lipinski definition) is 5. The lowest BCUT2D eigenvalue weighted by molar-refractivity contribution is 0.586. The van der Waals surface area contributed by atoms with Gasteiger partial charge in [0.25, 0.3) is 0 Å². The van der Waals surface area contributed by atoms with Crippen molar-refractivity contribution in [3.63, 3.8) is 0 Å². The van der Waals surface area contributed by atoms with E-state index in [2.05, 4.69) is 14.8 Å². The van der Waals surface area contributed by atoms with E-state index in [-0.39, 0.29) is 11.9 Å². The van der Waals surface area contributed by atoms with Crippen molar-refractivity contribution in [2.75, 3.05) is 36.0 Å². The first kappa shape index (κ1) is 14.3. The van der Waals surface area contributed by atoms with Gasteiger partial charge in [0.05, 0.1) is 0 Å². The Labute approximate surface area is 128 Å². The van der Waals surface area contributed by atoms with Crippen LogP contribution in [0.25, 0.3) is 0 Å². The van der Waals surface area contributed by atoms with E-state index in [4.69, 9.17) is 5.73 Å². The van der Waals surface area contributed by atoms with Crippen molar-refractivity contribution in [3.8, 4) is 0 Å². The molecule has 0 bridgehead atoms. The Bertz CT molecular complexity index is 592. The minimum absolute atomic E-state index is 0.218. The van der Waals surface area contributed by atoms with Gasteiger partial charge in [0.15, 0.2) is 5.13 Å². The van der Waals surface area contributed by atoms with Crippen LogP contribution in [0.3, 0.4) is 0 Å². The van der Waals surface area contributed by atoms with Crippen molar-refractivity contribution in [1.29, 1.82) is 0 Å². The maximum atomic E-state index is 14.0. The molecule has 21 heavy (non-hydrogen) atoms. The maximum Gasteiger partial charge on any atom is 0.185 e. The molecule has 0 amide bonds. The number of nitrogens with two attached hydrogens (primary N) is 1. The summed E-state index contributed by atoms with van der Waals surface area (Å²) < 4.78 is 14.0. The second-order valence-electron chi connectivity index (χ2n) is 5.25. The van der Waals surface area contributed by atoms with Crippen LogP contribution in [-0.2, 0) is 0 Å². The fraction of sp³-hybridized carbons (Fsp3) is 0.400. The van der Waals surface area contributed by atoms with Gasteiger partial charge in [-0.1, -0.05) is 6.07 Å². The molecule has 0 saturated carbocycles. The fourth-order valence-corrected chi connectivity index (χ4v) is 3.46. The highest BCUT2D eigenvalue weighted by Crippen LogP contribution is 2.29. The van der Waals surface area contributed by atoms with Gasteiger partial charge in [-0.3, -0.25) is 0 Å². The van der Waals surface area contributed by atoms with Gasteiger partial charge in [0.1, 0.15) is 5.82 Å². The Morgan fingerprint density at radius 1 is 1.24 bits per heavy atom. The molecule has 4 nitrogen and oxygen atoms in total. The lowest BCUT2D eigenvalue weighted by atomic mass is 10.0. The smallest absolute Gasteiger partial charge is 0.185 e. The molecule has 1 atom stereocenters. The monoisotopic (exact) mass is 306 g/mol. The van der Waals surface area contributed by atoms with Crippen molar-refractivity contribution >= 4 is 22.2 Å². The number of piperazine rings is 1. The highest BCUT2D eigenvalue weighted by Gasteiger charge is 2.22. The van der Waals surface area contributed by atoms with E-state index in [0.29, 0.717) is 5.56 Å². The van der Waals surface area contributed by atoms with Gasteiger partial charge in [-0.05, 0) is 19.1 Å². The molecule has 112 valence electrons. The molecule has 1 aromatic carbocycles. The number of thiazole rings is 1. The zero-order valence-electron chi connectivity index (χ0n) is 12.0. The van der Waals surface area contributed by atoms with E-state index in [0.717, 1.165) is 37.0 Å². The Morgan fingerprint density at radius 3 is 2.57 bits per heavy atom. The average Bonchev–Trinajstić information content (AvgIpc) is 3.01. The quantitative estimate of drug-likeness (QED) is 0.947. The second-order valence-corrected chi connectivity index (χ2v) is 6.12. The molecule has 1 aliphatic heterocycles. The normalized spacial score (nSPS) is 17.1. The van der Waals surface area contributed by atoms with Crippen LogP contribution in [0.5, 0.6) is 0 Å². The van der Waals surface area contributed by atoms with Crippen LogP contribution in [0, 0.1) is 5.82 Å². The van der Waals surface area contributed by atoms with Crippen molar-refractivity contribution in [2.24, 2.45) is 5.73 Å². The number of benzene rings is 1. The van der Waals surface area contributed by atoms with E-state index < -0.39 is 0 Å². The van der Waals surface area contributed by atoms with Crippen molar-refractivity contribution in [3.05, 3.63) is 41.2 Å². The summed E-state index contributed by atoms with van der Waals surface area (Å²) in [5, 5.41) is 3.05. The molecule has 2 heterocycles. The summed E-state index contributed by atoms with van der Waals surface area (Å²) in [5.41, 5.74) is 7.47. The first-order valence-corrected chi connectivity index (χ1v) is 7.98. The number of aromatic nitrogens is 1. The van der Waals surface area contributed by atoms with Crippen molar-refractivity contribution in [2.45, 2.75) is 13.0 Å².